The highest BCUT2D eigenvalue weighted by Gasteiger charge is 2.06. The normalized spacial score (nSPS) is 11.3. The van der Waals surface area contributed by atoms with Crippen LogP contribution in [0.25, 0.3) is 0 Å². The van der Waals surface area contributed by atoms with Gasteiger partial charge in [0.05, 0.1) is 0 Å². The van der Waals surface area contributed by atoms with Crippen molar-refractivity contribution in [3.63, 3.8) is 0 Å². The minimum atomic E-state index is -0.113. The van der Waals surface area contributed by atoms with Crippen molar-refractivity contribution in [2.45, 2.75) is 13.0 Å². The van der Waals surface area contributed by atoms with E-state index in [0.29, 0.717) is 5.56 Å². The molecule has 0 unspecified atom stereocenters. The molecular weight excluding hydrogens is 260 g/mol. The lowest BCUT2D eigenvalue weighted by molar-refractivity contribution is 0.102. The van der Waals surface area contributed by atoms with Gasteiger partial charge >= 0.3 is 0 Å². The number of carbonyl (C=O) groups excluding carboxylic acids is 1. The zero-order chi connectivity index (χ0) is 13.0. The zero-order valence-electron chi connectivity index (χ0n) is 10.7. The maximum absolute atomic E-state index is 12.0. The topological polar surface area (TPSA) is 55.1 Å². The molecule has 0 spiro atoms. The maximum Gasteiger partial charge on any atom is 0.255 e. The van der Waals surface area contributed by atoms with Crippen LogP contribution in [-0.4, -0.2) is 5.91 Å². The molecule has 0 saturated heterocycles. The van der Waals surface area contributed by atoms with Crippen molar-refractivity contribution in [3.05, 3.63) is 65.7 Å². The van der Waals surface area contributed by atoms with Gasteiger partial charge in [0.15, 0.2) is 0 Å². The molecule has 4 heteroatoms. The average molecular weight is 277 g/mol. The summed E-state index contributed by atoms with van der Waals surface area (Å²) < 4.78 is 0. The Morgan fingerprint density at radius 3 is 2.16 bits per heavy atom. The fourth-order valence-corrected chi connectivity index (χ4v) is 1.66. The number of halogens is 1. The van der Waals surface area contributed by atoms with Crippen molar-refractivity contribution >= 4 is 24.0 Å². The predicted octanol–water partition coefficient (Wildman–Crippen LogP) is 3.38. The van der Waals surface area contributed by atoms with E-state index in [2.05, 4.69) is 5.32 Å². The van der Waals surface area contributed by atoms with Crippen LogP contribution >= 0.6 is 12.4 Å². The molecule has 3 nitrogen and oxygen atoms in total. The van der Waals surface area contributed by atoms with Crippen LogP contribution < -0.4 is 11.1 Å². The van der Waals surface area contributed by atoms with Crippen molar-refractivity contribution in [2.75, 3.05) is 5.32 Å². The SMILES string of the molecule is C[C@H](N)c1ccc(C(=O)Nc2ccccc2)cc1.Cl. The summed E-state index contributed by atoms with van der Waals surface area (Å²) in [5.74, 6) is -0.113. The molecule has 2 rings (SSSR count). The lowest BCUT2D eigenvalue weighted by Crippen LogP contribution is -2.12. The highest BCUT2D eigenvalue weighted by atomic mass is 35.5. The molecule has 1 atom stereocenters. The largest absolute Gasteiger partial charge is 0.324 e. The van der Waals surface area contributed by atoms with Crippen LogP contribution in [0.2, 0.25) is 0 Å². The van der Waals surface area contributed by atoms with E-state index in [1.165, 1.54) is 0 Å². The minimum Gasteiger partial charge on any atom is -0.324 e. The van der Waals surface area contributed by atoms with E-state index in [1.54, 1.807) is 12.1 Å². The van der Waals surface area contributed by atoms with E-state index in [1.807, 2.05) is 49.4 Å². The first-order valence-corrected chi connectivity index (χ1v) is 5.89. The van der Waals surface area contributed by atoms with Gasteiger partial charge < -0.3 is 11.1 Å². The van der Waals surface area contributed by atoms with Crippen molar-refractivity contribution in [3.8, 4) is 0 Å². The molecule has 2 aromatic rings. The van der Waals surface area contributed by atoms with Crippen molar-refractivity contribution < 1.29 is 4.79 Å². The first-order valence-electron chi connectivity index (χ1n) is 5.89. The number of rotatable bonds is 3. The Morgan fingerprint density at radius 2 is 1.63 bits per heavy atom. The molecule has 0 radical (unpaired) electrons. The molecule has 0 saturated carbocycles. The lowest BCUT2D eigenvalue weighted by Gasteiger charge is -2.08. The molecule has 0 aliphatic carbocycles. The zero-order valence-corrected chi connectivity index (χ0v) is 11.5. The minimum absolute atomic E-state index is 0. The Bertz CT molecular complexity index is 524. The Morgan fingerprint density at radius 1 is 1.05 bits per heavy atom. The van der Waals surface area contributed by atoms with E-state index >= 15 is 0 Å². The number of hydrogen-bond acceptors (Lipinski definition) is 2. The van der Waals surface area contributed by atoms with Gasteiger partial charge in [0.25, 0.3) is 5.91 Å². The van der Waals surface area contributed by atoms with E-state index in [9.17, 15) is 4.79 Å². The van der Waals surface area contributed by atoms with E-state index in [4.69, 9.17) is 5.73 Å². The molecule has 3 N–H and O–H groups in total. The number of nitrogens with one attached hydrogen (secondary N) is 1. The van der Waals surface area contributed by atoms with Crippen LogP contribution in [0.1, 0.15) is 28.9 Å². The molecule has 19 heavy (non-hydrogen) atoms. The van der Waals surface area contributed by atoms with Gasteiger partial charge in [0.1, 0.15) is 0 Å². The molecule has 1 amide bonds. The van der Waals surface area contributed by atoms with Gasteiger partial charge in [0.2, 0.25) is 0 Å². The highest BCUT2D eigenvalue weighted by Crippen LogP contribution is 2.13. The molecule has 0 heterocycles. The summed E-state index contributed by atoms with van der Waals surface area (Å²) in [5.41, 5.74) is 8.20. The van der Waals surface area contributed by atoms with Crippen LogP contribution in [0, 0.1) is 0 Å². The summed E-state index contributed by atoms with van der Waals surface area (Å²) >= 11 is 0. The number of carbonyl (C=O) groups is 1. The van der Waals surface area contributed by atoms with E-state index in [-0.39, 0.29) is 24.4 Å². The van der Waals surface area contributed by atoms with Crippen LogP contribution in [0.3, 0.4) is 0 Å². The smallest absolute Gasteiger partial charge is 0.255 e. The lowest BCUT2D eigenvalue weighted by atomic mass is 10.1. The molecule has 0 aliphatic rings. The van der Waals surface area contributed by atoms with Crippen LogP contribution in [0.4, 0.5) is 5.69 Å². The Kier molecular flexibility index (Phi) is 5.55. The van der Waals surface area contributed by atoms with Crippen LogP contribution in [0.5, 0.6) is 0 Å². The predicted molar refractivity (Wildman–Crippen MR) is 80.7 cm³/mol. The van der Waals surface area contributed by atoms with Crippen molar-refractivity contribution in [1.29, 1.82) is 0 Å². The standard InChI is InChI=1S/C15H16N2O.ClH/c1-11(16)12-7-9-13(10-8-12)15(18)17-14-5-3-2-4-6-14;/h2-11H,16H2,1H3,(H,17,18);1H/t11-;/m0./s1. The van der Waals surface area contributed by atoms with Gasteiger partial charge in [-0.1, -0.05) is 30.3 Å². The van der Waals surface area contributed by atoms with Gasteiger partial charge in [-0.25, -0.2) is 0 Å². The average Bonchev–Trinajstić information content (AvgIpc) is 2.40. The quantitative estimate of drug-likeness (QED) is 0.903. The number of para-hydroxylation sites is 1. The second-order valence-electron chi connectivity index (χ2n) is 4.23. The second kappa shape index (κ2) is 6.92. The van der Waals surface area contributed by atoms with Crippen LogP contribution in [-0.2, 0) is 0 Å². The Labute approximate surface area is 119 Å². The third-order valence-electron chi connectivity index (χ3n) is 2.73. The third-order valence-corrected chi connectivity index (χ3v) is 2.73. The number of amides is 1. The summed E-state index contributed by atoms with van der Waals surface area (Å²) in [4.78, 5) is 12.0. The van der Waals surface area contributed by atoms with E-state index < -0.39 is 0 Å². The molecule has 0 fully saturated rings. The van der Waals surface area contributed by atoms with Gasteiger partial charge in [0, 0.05) is 17.3 Å². The second-order valence-corrected chi connectivity index (χ2v) is 4.23. The Hall–Kier alpha value is -1.84. The number of nitrogens with two attached hydrogens (primary N) is 1. The Balaban J connectivity index is 0.00000180. The summed E-state index contributed by atoms with van der Waals surface area (Å²) in [6, 6.07) is 16.7. The summed E-state index contributed by atoms with van der Waals surface area (Å²) in [6.45, 7) is 1.92. The molecular formula is C15H17ClN2O. The molecule has 0 aliphatic heterocycles. The molecule has 2 aromatic carbocycles. The van der Waals surface area contributed by atoms with Crippen LogP contribution in [0.15, 0.2) is 54.6 Å². The first kappa shape index (κ1) is 15.2. The number of hydrogen-bond donors (Lipinski definition) is 2. The van der Waals surface area contributed by atoms with E-state index in [0.717, 1.165) is 11.3 Å². The fraction of sp³-hybridized carbons (Fsp3) is 0.133. The fourth-order valence-electron chi connectivity index (χ4n) is 1.66. The summed E-state index contributed by atoms with van der Waals surface area (Å²) in [6.07, 6.45) is 0. The van der Waals surface area contributed by atoms with Gasteiger partial charge in [-0.05, 0) is 36.8 Å². The van der Waals surface area contributed by atoms with Crippen molar-refractivity contribution in [2.24, 2.45) is 5.73 Å². The first-order chi connectivity index (χ1) is 8.66. The highest BCUT2D eigenvalue weighted by molar-refractivity contribution is 6.04. The summed E-state index contributed by atoms with van der Waals surface area (Å²) in [5, 5.41) is 2.84. The van der Waals surface area contributed by atoms with Gasteiger partial charge in [-0.15, -0.1) is 12.4 Å². The monoisotopic (exact) mass is 276 g/mol. The number of benzene rings is 2. The van der Waals surface area contributed by atoms with Gasteiger partial charge in [-0.3, -0.25) is 4.79 Å². The summed E-state index contributed by atoms with van der Waals surface area (Å²) in [7, 11) is 0. The van der Waals surface area contributed by atoms with Crippen molar-refractivity contribution in [1.82, 2.24) is 0 Å². The third kappa shape index (κ3) is 4.09. The molecule has 0 bridgehead atoms. The molecule has 0 aromatic heterocycles. The molecule has 100 valence electrons. The van der Waals surface area contributed by atoms with Gasteiger partial charge in [-0.2, -0.15) is 0 Å². The maximum atomic E-state index is 12.0. The number of anilines is 1.